The third-order valence-corrected chi connectivity index (χ3v) is 8.98. The summed E-state index contributed by atoms with van der Waals surface area (Å²) in [5.74, 6) is -0.237. The second-order valence-electron chi connectivity index (χ2n) is 13.1. The molecule has 0 bridgehead atoms. The minimum Gasteiger partial charge on any atom is -0.476 e. The van der Waals surface area contributed by atoms with Crippen LogP contribution in [0.15, 0.2) is 41.5 Å². The maximum Gasteiger partial charge on any atom is 0.280 e. The van der Waals surface area contributed by atoms with E-state index in [0.717, 1.165) is 63.7 Å². The first-order chi connectivity index (χ1) is 21.0. The Kier molecular flexibility index (Phi) is 9.84. The zero-order chi connectivity index (χ0) is 31.4. The molecule has 3 aromatic rings. The number of H-pyrrole nitrogens is 1. The van der Waals surface area contributed by atoms with E-state index >= 15 is 0 Å². The molecule has 11 heteroatoms. The van der Waals surface area contributed by atoms with Gasteiger partial charge in [-0.3, -0.25) is 14.5 Å². The Balaban J connectivity index is 1.35. The summed E-state index contributed by atoms with van der Waals surface area (Å²) in [6, 6.07) is 7.46. The second-order valence-corrected chi connectivity index (χ2v) is 13.1. The van der Waals surface area contributed by atoms with Crippen molar-refractivity contribution in [1.82, 2.24) is 24.8 Å². The fourth-order valence-electron chi connectivity index (χ4n) is 6.47. The molecule has 238 valence electrons. The predicted molar refractivity (Wildman–Crippen MR) is 166 cm³/mol. The number of likely N-dealkylation sites (tertiary alicyclic amines) is 1. The van der Waals surface area contributed by atoms with Crippen molar-refractivity contribution in [3.63, 3.8) is 0 Å². The monoisotopic (exact) mass is 608 g/mol. The van der Waals surface area contributed by atoms with E-state index in [1.165, 1.54) is 18.2 Å². The lowest BCUT2D eigenvalue weighted by Crippen LogP contribution is -2.43. The number of hydrogen-bond acceptors (Lipinski definition) is 6. The van der Waals surface area contributed by atoms with E-state index in [9.17, 15) is 19.1 Å². The number of aromatic amines is 1. The highest BCUT2D eigenvalue weighted by atomic mass is 19.1. The molecular weight excluding hydrogens is 563 g/mol. The molecule has 1 aliphatic carbocycles. The Morgan fingerprint density at radius 3 is 2.55 bits per heavy atom. The first-order valence-corrected chi connectivity index (χ1v) is 15.8. The van der Waals surface area contributed by atoms with Gasteiger partial charge in [0.25, 0.3) is 5.91 Å². The van der Waals surface area contributed by atoms with Gasteiger partial charge < -0.3 is 24.7 Å². The van der Waals surface area contributed by atoms with Gasteiger partial charge in [-0.05, 0) is 103 Å². The summed E-state index contributed by atoms with van der Waals surface area (Å²) in [7, 11) is 0. The summed E-state index contributed by atoms with van der Waals surface area (Å²) in [6.45, 7) is 10.8. The average molecular weight is 609 g/mol. The number of nitrogens with one attached hydrogen (secondary N) is 2. The number of amides is 2. The molecule has 1 aliphatic heterocycles. The molecule has 5 rings (SSSR count). The maximum absolute atomic E-state index is 13.8. The smallest absolute Gasteiger partial charge is 0.280 e. The SMILES string of the molecule is CC(C)NC(=O)[C@H]1CC[C@@H](n2/c(=N/C(=O)c3cccc(F)c3)[nH]c3cnc(OCCN4CCC(C(C)(C)O)CC4)cc32)CC1. The largest absolute Gasteiger partial charge is 0.476 e. The van der Waals surface area contributed by atoms with Crippen LogP contribution in [-0.4, -0.2) is 74.2 Å². The van der Waals surface area contributed by atoms with E-state index in [-0.39, 0.29) is 29.5 Å². The number of rotatable bonds is 9. The van der Waals surface area contributed by atoms with Gasteiger partial charge in [-0.1, -0.05) is 6.07 Å². The lowest BCUT2D eigenvalue weighted by atomic mass is 9.83. The molecule has 2 aromatic heterocycles. The molecule has 3 heterocycles. The minimum absolute atomic E-state index is 0.00164. The summed E-state index contributed by atoms with van der Waals surface area (Å²) < 4.78 is 21.9. The van der Waals surface area contributed by atoms with Crippen LogP contribution in [-0.2, 0) is 4.79 Å². The van der Waals surface area contributed by atoms with E-state index in [2.05, 4.69) is 25.2 Å². The number of ether oxygens (including phenoxy) is 1. The number of hydrogen-bond donors (Lipinski definition) is 3. The van der Waals surface area contributed by atoms with Crippen molar-refractivity contribution in [2.45, 2.75) is 83.9 Å². The number of carbonyl (C=O) groups is 2. The number of aromatic nitrogens is 3. The number of carbonyl (C=O) groups excluding carboxylic acids is 2. The molecule has 10 nitrogen and oxygen atoms in total. The van der Waals surface area contributed by atoms with Gasteiger partial charge in [0.1, 0.15) is 12.4 Å². The van der Waals surface area contributed by atoms with Crippen molar-refractivity contribution in [2.75, 3.05) is 26.2 Å². The lowest BCUT2D eigenvalue weighted by molar-refractivity contribution is -0.126. The van der Waals surface area contributed by atoms with E-state index in [4.69, 9.17) is 4.74 Å². The van der Waals surface area contributed by atoms with Gasteiger partial charge in [-0.2, -0.15) is 4.99 Å². The highest BCUT2D eigenvalue weighted by Crippen LogP contribution is 2.34. The number of halogens is 1. The van der Waals surface area contributed by atoms with Crippen LogP contribution in [0.2, 0.25) is 0 Å². The quantitative estimate of drug-likeness (QED) is 0.332. The Morgan fingerprint density at radius 1 is 1.16 bits per heavy atom. The number of benzene rings is 1. The van der Waals surface area contributed by atoms with E-state index in [1.807, 2.05) is 38.3 Å². The number of piperidine rings is 1. The molecule has 1 saturated carbocycles. The summed E-state index contributed by atoms with van der Waals surface area (Å²) in [4.78, 5) is 40.2. The number of nitrogens with zero attached hydrogens (tertiary/aromatic N) is 4. The molecule has 0 atom stereocenters. The van der Waals surface area contributed by atoms with E-state index in [0.29, 0.717) is 29.5 Å². The number of pyridine rings is 1. The standard InChI is InChI=1S/C33H45FN6O4/c1-21(2)36-30(41)22-8-10-26(11-9-22)40-28-19-29(44-17-16-39-14-12-24(13-15-39)33(3,4)43)35-20-27(28)37-32(40)38-31(42)23-6-5-7-25(34)18-23/h5-7,18-22,24,26,43H,8-17H2,1-4H3,(H,36,41)(H,37,38,42)/t22-,26+. The molecule has 1 saturated heterocycles. The van der Waals surface area contributed by atoms with Crippen molar-refractivity contribution >= 4 is 22.8 Å². The topological polar surface area (TPSA) is 125 Å². The normalized spacial score (nSPS) is 20.8. The summed E-state index contributed by atoms with van der Waals surface area (Å²) in [5, 5.41) is 13.4. The van der Waals surface area contributed by atoms with Crippen LogP contribution in [0.25, 0.3) is 11.0 Å². The summed E-state index contributed by atoms with van der Waals surface area (Å²) in [5.41, 5.74) is 1.38. The summed E-state index contributed by atoms with van der Waals surface area (Å²) >= 11 is 0. The molecule has 2 amide bonds. The number of aliphatic hydroxyl groups is 1. The summed E-state index contributed by atoms with van der Waals surface area (Å²) in [6.07, 6.45) is 6.52. The average Bonchev–Trinajstić information content (AvgIpc) is 3.33. The van der Waals surface area contributed by atoms with Crippen LogP contribution in [0.4, 0.5) is 4.39 Å². The molecule has 3 N–H and O–H groups in total. The van der Waals surface area contributed by atoms with Crippen molar-refractivity contribution in [1.29, 1.82) is 0 Å². The van der Waals surface area contributed by atoms with Gasteiger partial charge in [0.05, 0.1) is 22.8 Å². The Labute approximate surface area is 257 Å². The molecule has 0 radical (unpaired) electrons. The zero-order valence-corrected chi connectivity index (χ0v) is 26.2. The third kappa shape index (κ3) is 7.74. The molecule has 2 fully saturated rings. The van der Waals surface area contributed by atoms with Crippen LogP contribution in [0.1, 0.15) is 82.6 Å². The number of imidazole rings is 1. The molecular formula is C33H45FN6O4. The predicted octanol–water partition coefficient (Wildman–Crippen LogP) is 4.36. The van der Waals surface area contributed by atoms with Gasteiger partial charge in [0, 0.05) is 36.2 Å². The van der Waals surface area contributed by atoms with Crippen molar-refractivity contribution in [2.24, 2.45) is 16.8 Å². The molecule has 0 unspecified atom stereocenters. The first kappa shape index (κ1) is 31.8. The molecule has 2 aliphatic rings. The Hall–Kier alpha value is -3.57. The van der Waals surface area contributed by atoms with E-state index in [1.54, 1.807) is 12.3 Å². The van der Waals surface area contributed by atoms with Crippen LogP contribution < -0.4 is 15.7 Å². The zero-order valence-electron chi connectivity index (χ0n) is 26.2. The van der Waals surface area contributed by atoms with Gasteiger partial charge in [-0.15, -0.1) is 0 Å². The highest BCUT2D eigenvalue weighted by Gasteiger charge is 2.31. The van der Waals surface area contributed by atoms with Crippen LogP contribution in [0, 0.1) is 17.7 Å². The number of fused-ring (bicyclic) bond motifs is 1. The van der Waals surface area contributed by atoms with Crippen molar-refractivity contribution in [3.05, 3.63) is 53.5 Å². The Bertz CT molecular complexity index is 1520. The maximum atomic E-state index is 13.8. The van der Waals surface area contributed by atoms with Crippen LogP contribution >= 0.6 is 0 Å². The van der Waals surface area contributed by atoms with Crippen molar-refractivity contribution in [3.8, 4) is 5.88 Å². The second kappa shape index (κ2) is 13.6. The molecule has 44 heavy (non-hydrogen) atoms. The fourth-order valence-corrected chi connectivity index (χ4v) is 6.47. The van der Waals surface area contributed by atoms with E-state index < -0.39 is 17.3 Å². The highest BCUT2D eigenvalue weighted by molar-refractivity contribution is 5.95. The molecule has 0 spiro atoms. The van der Waals surface area contributed by atoms with Crippen LogP contribution in [0.3, 0.4) is 0 Å². The fraction of sp³-hybridized carbons (Fsp3) is 0.576. The van der Waals surface area contributed by atoms with Gasteiger partial charge >= 0.3 is 0 Å². The minimum atomic E-state index is -0.652. The third-order valence-electron chi connectivity index (χ3n) is 8.98. The van der Waals surface area contributed by atoms with Crippen LogP contribution in [0.5, 0.6) is 5.88 Å². The van der Waals surface area contributed by atoms with Crippen molar-refractivity contribution < 1.29 is 23.8 Å². The Morgan fingerprint density at radius 2 is 1.89 bits per heavy atom. The van der Waals surface area contributed by atoms with Gasteiger partial charge in [-0.25, -0.2) is 9.37 Å². The lowest BCUT2D eigenvalue weighted by Gasteiger charge is -2.37. The first-order valence-electron chi connectivity index (χ1n) is 15.8. The van der Waals surface area contributed by atoms with Gasteiger partial charge in [0.2, 0.25) is 17.4 Å². The molecule has 1 aromatic carbocycles. The van der Waals surface area contributed by atoms with Gasteiger partial charge in [0.15, 0.2) is 0 Å².